The molecule has 1 N–H and O–H groups in total. The van der Waals surface area contributed by atoms with Gasteiger partial charge in [0.05, 0.1) is 0 Å². The number of hydrogen-bond donors (Lipinski definition) is 1. The van der Waals surface area contributed by atoms with Crippen molar-refractivity contribution in [3.63, 3.8) is 0 Å². The van der Waals surface area contributed by atoms with Gasteiger partial charge in [0, 0.05) is 19.8 Å². The van der Waals surface area contributed by atoms with E-state index < -0.39 is 0 Å². The van der Waals surface area contributed by atoms with E-state index in [2.05, 4.69) is 12.2 Å². The maximum atomic E-state index is 5.03. The molecule has 1 atom stereocenters. The summed E-state index contributed by atoms with van der Waals surface area (Å²) in [5, 5.41) is 3.69. The van der Waals surface area contributed by atoms with Crippen LogP contribution in [0.1, 0.15) is 45.4 Å². The zero-order valence-electron chi connectivity index (χ0n) is 9.72. The van der Waals surface area contributed by atoms with Gasteiger partial charge in [-0.2, -0.15) is 0 Å². The average molecular weight is 199 g/mol. The van der Waals surface area contributed by atoms with Crippen LogP contribution in [0.3, 0.4) is 0 Å². The van der Waals surface area contributed by atoms with E-state index in [9.17, 15) is 0 Å². The van der Waals surface area contributed by atoms with E-state index in [1.807, 2.05) is 0 Å². The van der Waals surface area contributed by atoms with Gasteiger partial charge >= 0.3 is 0 Å². The predicted octanol–water partition coefficient (Wildman–Crippen LogP) is 2.58. The minimum atomic E-state index is 0.808. The molecule has 0 spiro atoms. The lowest BCUT2D eigenvalue weighted by atomic mass is 10.1. The van der Waals surface area contributed by atoms with E-state index in [-0.39, 0.29) is 0 Å². The summed E-state index contributed by atoms with van der Waals surface area (Å²) in [7, 11) is 1.78. The molecule has 2 nitrogen and oxygen atoms in total. The maximum absolute atomic E-state index is 5.03. The van der Waals surface area contributed by atoms with Crippen LogP contribution in [0.25, 0.3) is 0 Å². The third-order valence-corrected chi connectivity index (χ3v) is 2.97. The third kappa shape index (κ3) is 4.97. The molecule has 1 aliphatic carbocycles. The molecule has 84 valence electrons. The molecule has 0 aliphatic heterocycles. The van der Waals surface area contributed by atoms with Gasteiger partial charge in [-0.05, 0) is 44.6 Å². The summed E-state index contributed by atoms with van der Waals surface area (Å²) >= 11 is 0. The van der Waals surface area contributed by atoms with Crippen LogP contribution in [0.15, 0.2) is 0 Å². The molecule has 0 radical (unpaired) electrons. The molecule has 1 fully saturated rings. The molecule has 1 saturated carbocycles. The van der Waals surface area contributed by atoms with E-state index in [0.29, 0.717) is 0 Å². The van der Waals surface area contributed by atoms with Crippen LogP contribution in [0.5, 0.6) is 0 Å². The quantitative estimate of drug-likeness (QED) is 0.576. The van der Waals surface area contributed by atoms with Crippen molar-refractivity contribution in [1.29, 1.82) is 0 Å². The lowest BCUT2D eigenvalue weighted by molar-refractivity contribution is 0.192. The first-order valence-corrected chi connectivity index (χ1v) is 6.10. The molecular weight excluding hydrogens is 174 g/mol. The van der Waals surface area contributed by atoms with Crippen molar-refractivity contribution in [2.45, 2.75) is 51.5 Å². The van der Waals surface area contributed by atoms with Crippen molar-refractivity contribution in [1.82, 2.24) is 5.32 Å². The first-order valence-electron chi connectivity index (χ1n) is 6.10. The van der Waals surface area contributed by atoms with Crippen LogP contribution in [-0.4, -0.2) is 26.3 Å². The van der Waals surface area contributed by atoms with E-state index in [1.54, 1.807) is 7.11 Å². The van der Waals surface area contributed by atoms with Crippen LogP contribution in [0.4, 0.5) is 0 Å². The highest BCUT2D eigenvalue weighted by Gasteiger charge is 2.29. The Morgan fingerprint density at radius 2 is 2.14 bits per heavy atom. The Kier molecular flexibility index (Phi) is 6.20. The molecule has 0 saturated heterocycles. The molecule has 0 aromatic carbocycles. The average Bonchev–Trinajstić information content (AvgIpc) is 2.99. The molecule has 0 bridgehead atoms. The molecule has 0 aromatic rings. The summed E-state index contributed by atoms with van der Waals surface area (Å²) < 4.78 is 5.03. The van der Waals surface area contributed by atoms with Crippen molar-refractivity contribution in [3.05, 3.63) is 0 Å². The summed E-state index contributed by atoms with van der Waals surface area (Å²) in [5.74, 6) is 0.998. The molecule has 2 heteroatoms. The predicted molar refractivity (Wildman–Crippen MR) is 60.5 cm³/mol. The summed E-state index contributed by atoms with van der Waals surface area (Å²) in [4.78, 5) is 0. The number of ether oxygens (including phenoxy) is 1. The lowest BCUT2D eigenvalue weighted by Gasteiger charge is -2.17. The van der Waals surface area contributed by atoms with E-state index >= 15 is 0 Å². The van der Waals surface area contributed by atoms with Gasteiger partial charge in [0.1, 0.15) is 0 Å². The monoisotopic (exact) mass is 199 g/mol. The molecular formula is C12H25NO. The lowest BCUT2D eigenvalue weighted by Crippen LogP contribution is -2.31. The van der Waals surface area contributed by atoms with E-state index in [0.717, 1.165) is 18.6 Å². The van der Waals surface area contributed by atoms with E-state index in [1.165, 1.54) is 45.1 Å². The van der Waals surface area contributed by atoms with Crippen LogP contribution in [0.2, 0.25) is 0 Å². The van der Waals surface area contributed by atoms with Crippen molar-refractivity contribution >= 4 is 0 Å². The SMILES string of the molecule is CCCC(NCCCCOC)C1CC1. The second kappa shape index (κ2) is 7.24. The summed E-state index contributed by atoms with van der Waals surface area (Å²) in [5.41, 5.74) is 0. The van der Waals surface area contributed by atoms with Crippen LogP contribution in [-0.2, 0) is 4.74 Å². The van der Waals surface area contributed by atoms with Gasteiger partial charge in [0.25, 0.3) is 0 Å². The van der Waals surface area contributed by atoms with Crippen molar-refractivity contribution in [3.8, 4) is 0 Å². The third-order valence-electron chi connectivity index (χ3n) is 2.97. The second-order valence-electron chi connectivity index (χ2n) is 4.39. The Bertz CT molecular complexity index is 134. The van der Waals surface area contributed by atoms with Gasteiger partial charge < -0.3 is 10.1 Å². The highest BCUT2D eigenvalue weighted by Crippen LogP contribution is 2.34. The largest absolute Gasteiger partial charge is 0.385 e. The van der Waals surface area contributed by atoms with E-state index in [4.69, 9.17) is 4.74 Å². The van der Waals surface area contributed by atoms with Gasteiger partial charge in [0.2, 0.25) is 0 Å². The zero-order chi connectivity index (χ0) is 10.2. The molecule has 0 aromatic heterocycles. The number of unbranched alkanes of at least 4 members (excludes halogenated alkanes) is 1. The number of nitrogens with one attached hydrogen (secondary N) is 1. The minimum Gasteiger partial charge on any atom is -0.385 e. The Morgan fingerprint density at radius 1 is 1.36 bits per heavy atom. The maximum Gasteiger partial charge on any atom is 0.0462 e. The highest BCUT2D eigenvalue weighted by atomic mass is 16.5. The first-order chi connectivity index (χ1) is 6.88. The normalized spacial score (nSPS) is 18.4. The number of methoxy groups -OCH3 is 1. The van der Waals surface area contributed by atoms with Crippen molar-refractivity contribution in [2.75, 3.05) is 20.3 Å². The summed E-state index contributed by atoms with van der Waals surface area (Å²) in [6.07, 6.45) is 8.01. The van der Waals surface area contributed by atoms with Crippen LogP contribution >= 0.6 is 0 Å². The summed E-state index contributed by atoms with van der Waals surface area (Å²) in [6.45, 7) is 4.36. The van der Waals surface area contributed by atoms with Crippen molar-refractivity contribution in [2.24, 2.45) is 5.92 Å². The van der Waals surface area contributed by atoms with Crippen LogP contribution < -0.4 is 5.32 Å². The molecule has 0 amide bonds. The highest BCUT2D eigenvalue weighted by molar-refractivity contribution is 4.85. The Labute approximate surface area is 88.4 Å². The van der Waals surface area contributed by atoms with Gasteiger partial charge in [-0.25, -0.2) is 0 Å². The first kappa shape index (κ1) is 12.0. The molecule has 14 heavy (non-hydrogen) atoms. The van der Waals surface area contributed by atoms with Crippen LogP contribution in [0, 0.1) is 5.92 Å². The van der Waals surface area contributed by atoms with Gasteiger partial charge in [-0.1, -0.05) is 13.3 Å². The smallest absolute Gasteiger partial charge is 0.0462 e. The fourth-order valence-electron chi connectivity index (χ4n) is 1.97. The fourth-order valence-corrected chi connectivity index (χ4v) is 1.97. The van der Waals surface area contributed by atoms with Crippen molar-refractivity contribution < 1.29 is 4.74 Å². The van der Waals surface area contributed by atoms with Gasteiger partial charge in [0.15, 0.2) is 0 Å². The number of hydrogen-bond acceptors (Lipinski definition) is 2. The molecule has 1 aliphatic rings. The Balaban J connectivity index is 1.96. The minimum absolute atomic E-state index is 0.808. The van der Waals surface area contributed by atoms with Gasteiger partial charge in [-0.3, -0.25) is 0 Å². The second-order valence-corrected chi connectivity index (χ2v) is 4.39. The zero-order valence-corrected chi connectivity index (χ0v) is 9.72. The van der Waals surface area contributed by atoms with Gasteiger partial charge in [-0.15, -0.1) is 0 Å². The summed E-state index contributed by atoms with van der Waals surface area (Å²) in [6, 6.07) is 0.808. The number of rotatable bonds is 9. The Morgan fingerprint density at radius 3 is 2.71 bits per heavy atom. The molecule has 1 unspecified atom stereocenters. The molecule has 1 rings (SSSR count). The topological polar surface area (TPSA) is 21.3 Å². The molecule has 0 heterocycles. The standard InChI is InChI=1S/C12H25NO/c1-3-6-12(11-7-8-11)13-9-4-5-10-14-2/h11-13H,3-10H2,1-2H3. The fraction of sp³-hybridized carbons (Fsp3) is 1.00. The Hall–Kier alpha value is -0.0800.